The van der Waals surface area contributed by atoms with Crippen molar-refractivity contribution in [1.82, 2.24) is 15.5 Å². The molecule has 3 N–H and O–H groups in total. The number of nitrogens with one attached hydrogen (secondary N) is 2. The summed E-state index contributed by atoms with van der Waals surface area (Å²) < 4.78 is 0. The molecule has 0 aromatic rings. The van der Waals surface area contributed by atoms with Gasteiger partial charge in [0.25, 0.3) is 0 Å². The van der Waals surface area contributed by atoms with E-state index >= 15 is 0 Å². The first kappa shape index (κ1) is 18.1. The third-order valence-corrected chi connectivity index (χ3v) is 4.49. The van der Waals surface area contributed by atoms with E-state index in [2.05, 4.69) is 15.5 Å². The number of nitrogens with zero attached hydrogens (tertiary/aromatic N) is 1. The highest BCUT2D eigenvalue weighted by Gasteiger charge is 2.28. The Labute approximate surface area is 131 Å². The molecule has 0 aromatic carbocycles. The molecule has 0 bridgehead atoms. The van der Waals surface area contributed by atoms with Crippen molar-refractivity contribution in [2.24, 2.45) is 5.41 Å². The lowest BCUT2D eigenvalue weighted by Crippen LogP contribution is -2.50. The molecule has 1 atom stereocenters. The number of carbonyl (C=O) groups is 2. The maximum absolute atomic E-state index is 11.9. The third kappa shape index (κ3) is 7.57. The zero-order valence-corrected chi connectivity index (χ0v) is 14.0. The van der Waals surface area contributed by atoms with Crippen molar-refractivity contribution >= 4 is 23.8 Å². The molecule has 0 radical (unpaired) electrons. The number of thioether (sulfide) groups is 1. The highest BCUT2D eigenvalue weighted by atomic mass is 32.2. The summed E-state index contributed by atoms with van der Waals surface area (Å²) in [6, 6.07) is -0.677. The van der Waals surface area contributed by atoms with E-state index in [0.717, 1.165) is 31.1 Å². The van der Waals surface area contributed by atoms with Gasteiger partial charge in [-0.25, -0.2) is 4.79 Å². The van der Waals surface area contributed by atoms with Crippen molar-refractivity contribution in [3.63, 3.8) is 0 Å². The van der Waals surface area contributed by atoms with Gasteiger partial charge in [-0.3, -0.25) is 9.69 Å². The molecule has 6 nitrogen and oxygen atoms in total. The van der Waals surface area contributed by atoms with Gasteiger partial charge < -0.3 is 15.7 Å². The molecule has 0 saturated carbocycles. The van der Waals surface area contributed by atoms with E-state index in [4.69, 9.17) is 5.11 Å². The van der Waals surface area contributed by atoms with Crippen molar-refractivity contribution in [2.75, 3.05) is 37.7 Å². The predicted octanol–water partition coefficient (Wildman–Crippen LogP) is 1.22. The number of carboxylic acid groups (broad SMARTS) is 1. The minimum absolute atomic E-state index is 0.0692. The zero-order valence-electron chi connectivity index (χ0n) is 13.1. The number of amides is 2. The first-order chi connectivity index (χ1) is 9.79. The number of carbonyl (C=O) groups excluding carboxylic acids is 1. The van der Waals surface area contributed by atoms with Gasteiger partial charge >= 0.3 is 12.0 Å². The van der Waals surface area contributed by atoms with Crippen LogP contribution in [-0.2, 0) is 4.79 Å². The van der Waals surface area contributed by atoms with Crippen molar-refractivity contribution in [3.8, 4) is 0 Å². The summed E-state index contributed by atoms with van der Waals surface area (Å²) in [6.07, 6.45) is -0.0692. The Bertz CT molecular complexity index is 352. The van der Waals surface area contributed by atoms with Gasteiger partial charge in [0.05, 0.1) is 6.42 Å². The standard InChI is InChI=1S/C14H27N3O3S/c1-14(2,3)11(10-12(18)19)16-13(20)15-4-5-17-6-8-21-9-7-17/h11H,4-10H2,1-3H3,(H,18,19)(H2,15,16,20). The van der Waals surface area contributed by atoms with E-state index in [1.807, 2.05) is 32.5 Å². The monoisotopic (exact) mass is 317 g/mol. The van der Waals surface area contributed by atoms with Crippen LogP contribution in [0.3, 0.4) is 0 Å². The topological polar surface area (TPSA) is 81.7 Å². The average Bonchev–Trinajstić information content (AvgIpc) is 2.37. The number of hydrogen-bond acceptors (Lipinski definition) is 4. The van der Waals surface area contributed by atoms with Crippen LogP contribution >= 0.6 is 11.8 Å². The van der Waals surface area contributed by atoms with Crippen LogP contribution < -0.4 is 10.6 Å². The number of aliphatic carboxylic acids is 1. The molecule has 1 rings (SSSR count). The molecule has 7 heteroatoms. The Hall–Kier alpha value is -0.950. The Balaban J connectivity index is 2.30. The molecule has 21 heavy (non-hydrogen) atoms. The van der Waals surface area contributed by atoms with Crippen LogP contribution in [0.1, 0.15) is 27.2 Å². The third-order valence-electron chi connectivity index (χ3n) is 3.55. The Morgan fingerprint density at radius 2 is 1.90 bits per heavy atom. The van der Waals surface area contributed by atoms with Gasteiger partial charge in [-0.05, 0) is 5.41 Å². The molecule has 1 saturated heterocycles. The first-order valence-corrected chi connectivity index (χ1v) is 8.51. The largest absolute Gasteiger partial charge is 0.481 e. The fraction of sp³-hybridized carbons (Fsp3) is 0.857. The van der Waals surface area contributed by atoms with Crippen LogP contribution in [0.2, 0.25) is 0 Å². The first-order valence-electron chi connectivity index (χ1n) is 7.35. The van der Waals surface area contributed by atoms with Crippen LogP contribution in [0.5, 0.6) is 0 Å². The molecule has 1 aliphatic heterocycles. The SMILES string of the molecule is CC(C)(C)C(CC(=O)O)NC(=O)NCCN1CCSCC1. The minimum atomic E-state index is -0.902. The molecule has 2 amide bonds. The van der Waals surface area contributed by atoms with Gasteiger partial charge in [0.2, 0.25) is 0 Å². The summed E-state index contributed by atoms with van der Waals surface area (Å²) in [4.78, 5) is 25.1. The lowest BCUT2D eigenvalue weighted by Gasteiger charge is -2.30. The second-order valence-electron chi connectivity index (χ2n) is 6.37. The lowest BCUT2D eigenvalue weighted by atomic mass is 9.85. The predicted molar refractivity (Wildman–Crippen MR) is 85.8 cm³/mol. The second-order valence-corrected chi connectivity index (χ2v) is 7.60. The minimum Gasteiger partial charge on any atom is -0.481 e. The Morgan fingerprint density at radius 1 is 1.29 bits per heavy atom. The van der Waals surface area contributed by atoms with E-state index in [1.54, 1.807) is 0 Å². The molecule has 0 aliphatic carbocycles. The molecule has 1 fully saturated rings. The van der Waals surface area contributed by atoms with Crippen molar-refractivity contribution in [3.05, 3.63) is 0 Å². The van der Waals surface area contributed by atoms with Gasteiger partial charge in [0.15, 0.2) is 0 Å². The van der Waals surface area contributed by atoms with Crippen LogP contribution in [0, 0.1) is 5.41 Å². The van der Waals surface area contributed by atoms with Crippen molar-refractivity contribution in [1.29, 1.82) is 0 Å². The molecule has 1 aliphatic rings. The molecular weight excluding hydrogens is 290 g/mol. The highest BCUT2D eigenvalue weighted by Crippen LogP contribution is 2.21. The number of rotatable bonds is 6. The summed E-state index contributed by atoms with van der Waals surface area (Å²) in [5, 5.41) is 14.5. The molecule has 0 spiro atoms. The van der Waals surface area contributed by atoms with E-state index in [-0.39, 0.29) is 23.9 Å². The van der Waals surface area contributed by atoms with Crippen molar-refractivity contribution < 1.29 is 14.7 Å². The Morgan fingerprint density at radius 3 is 2.43 bits per heavy atom. The maximum atomic E-state index is 11.9. The summed E-state index contributed by atoms with van der Waals surface area (Å²) >= 11 is 1.96. The van der Waals surface area contributed by atoms with E-state index in [0.29, 0.717) is 6.54 Å². The van der Waals surface area contributed by atoms with Gasteiger partial charge in [0, 0.05) is 43.7 Å². The fourth-order valence-corrected chi connectivity index (χ4v) is 3.09. The van der Waals surface area contributed by atoms with E-state index in [1.165, 1.54) is 0 Å². The molecule has 122 valence electrons. The van der Waals surface area contributed by atoms with Gasteiger partial charge in [-0.15, -0.1) is 0 Å². The summed E-state index contributed by atoms with van der Waals surface area (Å²) in [5.74, 6) is 1.40. The number of urea groups is 1. The molecule has 1 unspecified atom stereocenters. The zero-order chi connectivity index (χ0) is 15.9. The maximum Gasteiger partial charge on any atom is 0.315 e. The summed E-state index contributed by atoms with van der Waals surface area (Å²) in [5.41, 5.74) is -0.292. The Kier molecular flexibility index (Phi) is 7.31. The van der Waals surface area contributed by atoms with Crippen LogP contribution in [-0.4, -0.2) is 65.7 Å². The van der Waals surface area contributed by atoms with Crippen LogP contribution in [0.4, 0.5) is 4.79 Å². The normalized spacial score (nSPS) is 18.0. The van der Waals surface area contributed by atoms with Gasteiger partial charge in [-0.2, -0.15) is 11.8 Å². The van der Waals surface area contributed by atoms with Crippen LogP contribution in [0.15, 0.2) is 0 Å². The average molecular weight is 317 g/mol. The lowest BCUT2D eigenvalue weighted by molar-refractivity contribution is -0.138. The second kappa shape index (κ2) is 8.48. The molecule has 0 aromatic heterocycles. The van der Waals surface area contributed by atoms with Gasteiger partial charge in [-0.1, -0.05) is 20.8 Å². The van der Waals surface area contributed by atoms with Crippen molar-refractivity contribution in [2.45, 2.75) is 33.2 Å². The quantitative estimate of drug-likeness (QED) is 0.686. The fourth-order valence-electron chi connectivity index (χ4n) is 2.11. The van der Waals surface area contributed by atoms with Gasteiger partial charge in [0.1, 0.15) is 0 Å². The number of hydrogen-bond donors (Lipinski definition) is 3. The van der Waals surface area contributed by atoms with E-state index < -0.39 is 5.97 Å². The number of carboxylic acids is 1. The highest BCUT2D eigenvalue weighted by molar-refractivity contribution is 7.99. The summed E-state index contributed by atoms with van der Waals surface area (Å²) in [7, 11) is 0. The molecular formula is C14H27N3O3S. The summed E-state index contributed by atoms with van der Waals surface area (Å²) in [6.45, 7) is 9.33. The smallest absolute Gasteiger partial charge is 0.315 e. The van der Waals surface area contributed by atoms with E-state index in [9.17, 15) is 9.59 Å². The molecule has 1 heterocycles. The van der Waals surface area contributed by atoms with Crippen LogP contribution in [0.25, 0.3) is 0 Å².